The molecule has 2 rings (SSSR count). The minimum atomic E-state index is 0.435. The number of benzene rings is 1. The van der Waals surface area contributed by atoms with Gasteiger partial charge in [-0.25, -0.2) is 9.97 Å². The highest BCUT2D eigenvalue weighted by Crippen LogP contribution is 2.28. The second-order valence-electron chi connectivity index (χ2n) is 3.69. The number of aryl methyl sites for hydroxylation is 1. The van der Waals surface area contributed by atoms with Gasteiger partial charge in [0.25, 0.3) is 0 Å². The van der Waals surface area contributed by atoms with E-state index < -0.39 is 0 Å². The molecule has 0 aliphatic carbocycles. The highest BCUT2D eigenvalue weighted by Gasteiger charge is 2.04. The van der Waals surface area contributed by atoms with E-state index in [4.69, 9.17) is 0 Å². The van der Waals surface area contributed by atoms with Gasteiger partial charge in [0.05, 0.1) is 5.75 Å². The summed E-state index contributed by atoms with van der Waals surface area (Å²) in [5.41, 5.74) is 1.25. The third-order valence-electron chi connectivity index (χ3n) is 2.23. The molecule has 0 N–H and O–H groups in total. The van der Waals surface area contributed by atoms with Crippen LogP contribution in [0.2, 0.25) is 0 Å². The zero-order valence-corrected chi connectivity index (χ0v) is 12.2. The molecule has 0 fully saturated rings. The van der Waals surface area contributed by atoms with Gasteiger partial charge >= 0.3 is 0 Å². The number of nitrogens with zero attached hydrogens (tertiary/aromatic N) is 2. The SMILES string of the molecule is Cc1cc(C=O)nc(CSc2ccccc2Br)n1. The van der Waals surface area contributed by atoms with Crippen molar-refractivity contribution in [2.45, 2.75) is 17.6 Å². The van der Waals surface area contributed by atoms with Crippen LogP contribution in [0.1, 0.15) is 22.0 Å². The van der Waals surface area contributed by atoms with Crippen molar-refractivity contribution < 1.29 is 4.79 Å². The molecule has 3 nitrogen and oxygen atoms in total. The van der Waals surface area contributed by atoms with E-state index in [-0.39, 0.29) is 0 Å². The van der Waals surface area contributed by atoms with Gasteiger partial charge in [-0.1, -0.05) is 12.1 Å². The molecular weight excluding hydrogens is 312 g/mol. The molecule has 1 aromatic heterocycles. The molecule has 0 unspecified atom stereocenters. The first-order chi connectivity index (χ1) is 8.69. The first-order valence-corrected chi connectivity index (χ1v) is 7.14. The van der Waals surface area contributed by atoms with Crippen LogP contribution in [0.5, 0.6) is 0 Å². The number of hydrogen-bond donors (Lipinski definition) is 0. The molecular formula is C13H11BrN2OS. The predicted molar refractivity (Wildman–Crippen MR) is 75.9 cm³/mol. The van der Waals surface area contributed by atoms with Crippen LogP contribution in [0.25, 0.3) is 0 Å². The molecule has 5 heteroatoms. The Morgan fingerprint density at radius 3 is 2.83 bits per heavy atom. The van der Waals surface area contributed by atoms with Gasteiger partial charge in [-0.15, -0.1) is 11.8 Å². The highest BCUT2D eigenvalue weighted by atomic mass is 79.9. The molecule has 0 spiro atoms. The summed E-state index contributed by atoms with van der Waals surface area (Å²) < 4.78 is 1.05. The Hall–Kier alpha value is -1.20. The molecule has 1 heterocycles. The Balaban J connectivity index is 2.13. The maximum absolute atomic E-state index is 10.7. The van der Waals surface area contributed by atoms with Crippen molar-refractivity contribution in [1.82, 2.24) is 9.97 Å². The van der Waals surface area contributed by atoms with Crippen molar-refractivity contribution in [3.63, 3.8) is 0 Å². The zero-order chi connectivity index (χ0) is 13.0. The highest BCUT2D eigenvalue weighted by molar-refractivity contribution is 9.10. The van der Waals surface area contributed by atoms with Gasteiger partial charge in [0.1, 0.15) is 11.5 Å². The number of rotatable bonds is 4. The fraction of sp³-hybridized carbons (Fsp3) is 0.154. The van der Waals surface area contributed by atoms with Crippen molar-refractivity contribution in [3.05, 3.63) is 52.0 Å². The third-order valence-corrected chi connectivity index (χ3v) is 4.26. The van der Waals surface area contributed by atoms with Gasteiger partial charge in [-0.05, 0) is 41.1 Å². The molecule has 92 valence electrons. The molecule has 0 amide bonds. The minimum Gasteiger partial charge on any atom is -0.296 e. The van der Waals surface area contributed by atoms with Gasteiger partial charge in [-0.2, -0.15) is 0 Å². The van der Waals surface area contributed by atoms with Crippen LogP contribution in [0.4, 0.5) is 0 Å². The van der Waals surface area contributed by atoms with Crippen LogP contribution in [-0.4, -0.2) is 16.3 Å². The molecule has 0 aliphatic rings. The van der Waals surface area contributed by atoms with E-state index in [1.807, 2.05) is 31.2 Å². The summed E-state index contributed by atoms with van der Waals surface area (Å²) in [5, 5.41) is 0. The first kappa shape index (κ1) is 13.2. The molecule has 0 aliphatic heterocycles. The topological polar surface area (TPSA) is 42.9 Å². The summed E-state index contributed by atoms with van der Waals surface area (Å²) in [6.45, 7) is 1.86. The summed E-state index contributed by atoms with van der Waals surface area (Å²) in [6.07, 6.45) is 0.751. The van der Waals surface area contributed by atoms with Crippen molar-refractivity contribution in [2.75, 3.05) is 0 Å². The van der Waals surface area contributed by atoms with Crippen LogP contribution in [0.3, 0.4) is 0 Å². The van der Waals surface area contributed by atoms with Crippen LogP contribution in [0, 0.1) is 6.92 Å². The van der Waals surface area contributed by atoms with Crippen molar-refractivity contribution in [2.24, 2.45) is 0 Å². The number of carbonyl (C=O) groups is 1. The summed E-state index contributed by atoms with van der Waals surface area (Å²) in [7, 11) is 0. The first-order valence-electron chi connectivity index (χ1n) is 5.36. The summed E-state index contributed by atoms with van der Waals surface area (Å²) >= 11 is 5.13. The fourth-order valence-electron chi connectivity index (χ4n) is 1.49. The van der Waals surface area contributed by atoms with Gasteiger partial charge in [0.15, 0.2) is 6.29 Å². The Bertz CT molecular complexity index is 575. The molecule has 0 atom stereocenters. The number of aromatic nitrogens is 2. The number of carbonyl (C=O) groups excluding carboxylic acids is 1. The van der Waals surface area contributed by atoms with Crippen molar-refractivity contribution in [3.8, 4) is 0 Å². The maximum atomic E-state index is 10.7. The van der Waals surface area contributed by atoms with Gasteiger partial charge in [-0.3, -0.25) is 4.79 Å². The summed E-state index contributed by atoms with van der Waals surface area (Å²) in [4.78, 5) is 20.4. The molecule has 2 aromatic rings. The summed E-state index contributed by atoms with van der Waals surface area (Å²) in [5.74, 6) is 1.32. The lowest BCUT2D eigenvalue weighted by Crippen LogP contribution is -1.99. The van der Waals surface area contributed by atoms with Crippen molar-refractivity contribution in [1.29, 1.82) is 0 Å². The van der Waals surface area contributed by atoms with Gasteiger partial charge < -0.3 is 0 Å². The van der Waals surface area contributed by atoms with Crippen LogP contribution in [0.15, 0.2) is 39.7 Å². The number of thioether (sulfide) groups is 1. The van der Waals surface area contributed by atoms with Crippen LogP contribution < -0.4 is 0 Å². The molecule has 18 heavy (non-hydrogen) atoms. The lowest BCUT2D eigenvalue weighted by atomic mass is 10.3. The number of aldehydes is 1. The molecule has 0 saturated heterocycles. The second-order valence-corrected chi connectivity index (χ2v) is 5.56. The third kappa shape index (κ3) is 3.40. The van der Waals surface area contributed by atoms with Crippen LogP contribution in [-0.2, 0) is 5.75 Å². The molecule has 0 bridgehead atoms. The van der Waals surface area contributed by atoms with E-state index in [9.17, 15) is 4.79 Å². The lowest BCUT2D eigenvalue weighted by Gasteiger charge is -2.04. The van der Waals surface area contributed by atoms with E-state index in [1.165, 1.54) is 0 Å². The van der Waals surface area contributed by atoms with E-state index >= 15 is 0 Å². The predicted octanol–water partition coefficient (Wildman–Crippen LogP) is 3.65. The van der Waals surface area contributed by atoms with Crippen molar-refractivity contribution >= 4 is 34.0 Å². The minimum absolute atomic E-state index is 0.435. The van der Waals surface area contributed by atoms with Gasteiger partial charge in [0.2, 0.25) is 0 Å². The van der Waals surface area contributed by atoms with E-state index in [0.717, 1.165) is 21.3 Å². The molecule has 0 radical (unpaired) electrons. The van der Waals surface area contributed by atoms with E-state index in [1.54, 1.807) is 17.8 Å². The Kier molecular flexibility index (Phi) is 4.49. The molecule has 1 aromatic carbocycles. The Morgan fingerprint density at radius 2 is 2.11 bits per heavy atom. The lowest BCUT2D eigenvalue weighted by molar-refractivity contribution is 0.111. The smallest absolute Gasteiger partial charge is 0.168 e. The Labute approximate surface area is 118 Å². The quantitative estimate of drug-likeness (QED) is 0.636. The average Bonchev–Trinajstić information content (AvgIpc) is 2.37. The summed E-state index contributed by atoms with van der Waals surface area (Å²) in [6, 6.07) is 9.67. The normalized spacial score (nSPS) is 10.3. The number of halogens is 1. The zero-order valence-electron chi connectivity index (χ0n) is 9.76. The standard InChI is InChI=1S/C13H11BrN2OS/c1-9-6-10(7-17)16-13(15-9)8-18-12-5-3-2-4-11(12)14/h2-7H,8H2,1H3. The largest absolute Gasteiger partial charge is 0.296 e. The van der Waals surface area contributed by atoms with E-state index in [0.29, 0.717) is 17.3 Å². The monoisotopic (exact) mass is 322 g/mol. The van der Waals surface area contributed by atoms with Crippen LogP contribution >= 0.6 is 27.7 Å². The second kappa shape index (κ2) is 6.11. The number of hydrogen-bond acceptors (Lipinski definition) is 4. The average molecular weight is 323 g/mol. The van der Waals surface area contributed by atoms with Gasteiger partial charge in [0, 0.05) is 15.1 Å². The fourth-order valence-corrected chi connectivity index (χ4v) is 2.91. The Morgan fingerprint density at radius 1 is 1.33 bits per heavy atom. The maximum Gasteiger partial charge on any atom is 0.168 e. The molecule has 0 saturated carbocycles. The van der Waals surface area contributed by atoms with E-state index in [2.05, 4.69) is 25.9 Å².